The first-order valence-corrected chi connectivity index (χ1v) is 4.73. The summed E-state index contributed by atoms with van der Waals surface area (Å²) >= 11 is 0. The maximum atomic E-state index is 12.7. The van der Waals surface area contributed by atoms with Gasteiger partial charge in [0.2, 0.25) is 5.92 Å². The number of hydrogen-bond acceptors (Lipinski definition) is 2. The van der Waals surface area contributed by atoms with Crippen LogP contribution in [-0.2, 0) is 0 Å². The Morgan fingerprint density at radius 3 is 2.23 bits per heavy atom. The van der Waals surface area contributed by atoms with Gasteiger partial charge in [0.15, 0.2) is 0 Å². The molecule has 1 saturated carbocycles. The molecule has 0 aromatic carbocycles. The Labute approximate surface area is 77.7 Å². The highest BCUT2D eigenvalue weighted by atomic mass is 19.3. The molecule has 0 aliphatic heterocycles. The van der Waals surface area contributed by atoms with E-state index in [9.17, 15) is 8.78 Å². The number of nitrogens with two attached hydrogens (primary N) is 2. The summed E-state index contributed by atoms with van der Waals surface area (Å²) in [5, 5.41) is 0. The Hall–Kier alpha value is -0.220. The third-order valence-corrected chi connectivity index (χ3v) is 2.69. The Bertz CT molecular complexity index is 169. The van der Waals surface area contributed by atoms with E-state index >= 15 is 0 Å². The molecular formula is C9H18F2N2. The van der Waals surface area contributed by atoms with E-state index in [0.717, 1.165) is 19.8 Å². The summed E-state index contributed by atoms with van der Waals surface area (Å²) in [4.78, 5) is 0. The lowest BCUT2D eigenvalue weighted by atomic mass is 9.77. The average Bonchev–Trinajstić information content (AvgIpc) is 1.92. The van der Waals surface area contributed by atoms with Crippen molar-refractivity contribution in [2.24, 2.45) is 11.5 Å². The minimum atomic E-state index is -2.66. The van der Waals surface area contributed by atoms with Crippen LogP contribution in [-0.4, -0.2) is 17.5 Å². The summed E-state index contributed by atoms with van der Waals surface area (Å²) in [6.07, 6.45) is 2.57. The zero-order chi connectivity index (χ0) is 10.1. The summed E-state index contributed by atoms with van der Waals surface area (Å²) in [7, 11) is 0. The van der Waals surface area contributed by atoms with Crippen LogP contribution in [0.2, 0.25) is 0 Å². The van der Waals surface area contributed by atoms with Crippen LogP contribution in [0.3, 0.4) is 0 Å². The Kier molecular flexibility index (Phi) is 2.92. The summed E-state index contributed by atoms with van der Waals surface area (Å²) in [5.74, 6) is -2.66. The highest BCUT2D eigenvalue weighted by Crippen LogP contribution is 2.34. The van der Waals surface area contributed by atoms with Gasteiger partial charge in [-0.2, -0.15) is 0 Å². The van der Waals surface area contributed by atoms with Crippen LogP contribution in [0.1, 0.15) is 39.0 Å². The van der Waals surface area contributed by atoms with Crippen LogP contribution in [0.15, 0.2) is 0 Å². The van der Waals surface area contributed by atoms with E-state index in [1.165, 1.54) is 0 Å². The van der Waals surface area contributed by atoms with Crippen molar-refractivity contribution >= 4 is 0 Å². The van der Waals surface area contributed by atoms with Gasteiger partial charge < -0.3 is 11.5 Å². The zero-order valence-corrected chi connectivity index (χ0v) is 8.02. The van der Waals surface area contributed by atoms with Gasteiger partial charge in [-0.1, -0.05) is 0 Å². The molecule has 0 aromatic rings. The molecule has 78 valence electrons. The molecule has 0 heterocycles. The molecule has 1 fully saturated rings. The van der Waals surface area contributed by atoms with Crippen molar-refractivity contribution in [2.75, 3.05) is 0 Å². The fraction of sp³-hybridized carbons (Fsp3) is 1.00. The van der Waals surface area contributed by atoms with Gasteiger partial charge in [0.05, 0.1) is 0 Å². The standard InChI is InChI=1S/C9H18F2N2/c1-8(10,11)6-9(13)4-2-7(12)3-5-9/h7H,2-6,12-13H2,1H3. The monoisotopic (exact) mass is 192 g/mol. The minimum absolute atomic E-state index is 0.155. The average molecular weight is 192 g/mol. The molecule has 0 aromatic heterocycles. The lowest BCUT2D eigenvalue weighted by Gasteiger charge is -2.37. The van der Waals surface area contributed by atoms with Gasteiger partial charge in [-0.15, -0.1) is 0 Å². The molecule has 13 heavy (non-hydrogen) atoms. The molecule has 4 N–H and O–H groups in total. The normalized spacial score (nSPS) is 36.2. The first kappa shape index (κ1) is 10.9. The lowest BCUT2D eigenvalue weighted by molar-refractivity contribution is -0.0165. The summed E-state index contributed by atoms with van der Waals surface area (Å²) in [6, 6.07) is 0.155. The van der Waals surface area contributed by atoms with E-state index in [2.05, 4.69) is 0 Å². The van der Waals surface area contributed by atoms with E-state index in [4.69, 9.17) is 11.5 Å². The van der Waals surface area contributed by atoms with Crippen molar-refractivity contribution < 1.29 is 8.78 Å². The van der Waals surface area contributed by atoms with Crippen molar-refractivity contribution in [3.8, 4) is 0 Å². The molecule has 1 rings (SSSR count). The number of rotatable bonds is 2. The first-order valence-electron chi connectivity index (χ1n) is 4.73. The van der Waals surface area contributed by atoms with Crippen molar-refractivity contribution in [1.29, 1.82) is 0 Å². The van der Waals surface area contributed by atoms with E-state index < -0.39 is 11.5 Å². The highest BCUT2D eigenvalue weighted by Gasteiger charge is 2.38. The highest BCUT2D eigenvalue weighted by molar-refractivity contribution is 4.93. The van der Waals surface area contributed by atoms with Crippen LogP contribution in [0.4, 0.5) is 8.78 Å². The molecule has 2 nitrogen and oxygen atoms in total. The molecule has 0 bridgehead atoms. The summed E-state index contributed by atoms with van der Waals surface area (Å²) < 4.78 is 25.5. The van der Waals surface area contributed by atoms with Crippen molar-refractivity contribution in [3.05, 3.63) is 0 Å². The third-order valence-electron chi connectivity index (χ3n) is 2.69. The van der Waals surface area contributed by atoms with Crippen LogP contribution in [0.5, 0.6) is 0 Å². The molecule has 0 saturated heterocycles. The molecule has 0 unspecified atom stereocenters. The number of hydrogen-bond donors (Lipinski definition) is 2. The molecule has 4 heteroatoms. The Morgan fingerprint density at radius 2 is 1.85 bits per heavy atom. The van der Waals surface area contributed by atoms with E-state index in [1.54, 1.807) is 0 Å². The summed E-state index contributed by atoms with van der Waals surface area (Å²) in [5.41, 5.74) is 10.9. The van der Waals surface area contributed by atoms with Crippen LogP contribution in [0.25, 0.3) is 0 Å². The van der Waals surface area contributed by atoms with E-state index in [1.807, 2.05) is 0 Å². The maximum absolute atomic E-state index is 12.7. The van der Waals surface area contributed by atoms with Crippen LogP contribution < -0.4 is 11.5 Å². The second kappa shape index (κ2) is 3.50. The smallest absolute Gasteiger partial charge is 0.247 e. The Morgan fingerprint density at radius 1 is 1.38 bits per heavy atom. The van der Waals surface area contributed by atoms with Crippen LogP contribution >= 0.6 is 0 Å². The van der Waals surface area contributed by atoms with Gasteiger partial charge in [-0.25, -0.2) is 8.78 Å². The van der Waals surface area contributed by atoms with Gasteiger partial charge in [-0.3, -0.25) is 0 Å². The number of halogens is 2. The maximum Gasteiger partial charge on any atom is 0.247 e. The first-order chi connectivity index (χ1) is 5.81. The lowest BCUT2D eigenvalue weighted by Crippen LogP contribution is -2.49. The van der Waals surface area contributed by atoms with Gasteiger partial charge in [0.1, 0.15) is 0 Å². The van der Waals surface area contributed by atoms with Gasteiger partial charge >= 0.3 is 0 Å². The molecular weight excluding hydrogens is 174 g/mol. The predicted molar refractivity (Wildman–Crippen MR) is 48.6 cm³/mol. The van der Waals surface area contributed by atoms with E-state index in [-0.39, 0.29) is 12.5 Å². The molecule has 0 radical (unpaired) electrons. The quantitative estimate of drug-likeness (QED) is 0.698. The molecule has 1 aliphatic carbocycles. The summed E-state index contributed by atoms with van der Waals surface area (Å²) in [6.45, 7) is 0.927. The fourth-order valence-corrected chi connectivity index (χ4v) is 2.01. The Balaban J connectivity index is 2.48. The predicted octanol–water partition coefficient (Wildman–Crippen LogP) is 1.63. The second-order valence-electron chi connectivity index (χ2n) is 4.45. The van der Waals surface area contributed by atoms with E-state index in [0.29, 0.717) is 12.8 Å². The van der Waals surface area contributed by atoms with Gasteiger partial charge in [0, 0.05) is 18.0 Å². The molecule has 0 atom stereocenters. The van der Waals surface area contributed by atoms with Gasteiger partial charge in [0.25, 0.3) is 0 Å². The SMILES string of the molecule is CC(F)(F)CC1(N)CCC(N)CC1. The second-order valence-corrected chi connectivity index (χ2v) is 4.45. The molecule has 0 amide bonds. The largest absolute Gasteiger partial charge is 0.328 e. The third kappa shape index (κ3) is 3.56. The number of alkyl halides is 2. The minimum Gasteiger partial charge on any atom is -0.328 e. The van der Waals surface area contributed by atoms with Crippen molar-refractivity contribution in [1.82, 2.24) is 0 Å². The molecule has 0 spiro atoms. The fourth-order valence-electron chi connectivity index (χ4n) is 2.01. The van der Waals surface area contributed by atoms with Gasteiger partial charge in [-0.05, 0) is 32.6 Å². The zero-order valence-electron chi connectivity index (χ0n) is 8.02. The molecule has 1 aliphatic rings. The topological polar surface area (TPSA) is 52.0 Å². The van der Waals surface area contributed by atoms with Crippen molar-refractivity contribution in [2.45, 2.75) is 56.5 Å². The van der Waals surface area contributed by atoms with Crippen LogP contribution in [0, 0.1) is 0 Å². The van der Waals surface area contributed by atoms with Crippen molar-refractivity contribution in [3.63, 3.8) is 0 Å².